The lowest BCUT2D eigenvalue weighted by molar-refractivity contribution is -0.145. The highest BCUT2D eigenvalue weighted by atomic mass is 16.5. The van der Waals surface area contributed by atoms with Gasteiger partial charge in [0.15, 0.2) is 0 Å². The second-order valence-corrected chi connectivity index (χ2v) is 5.10. The van der Waals surface area contributed by atoms with Gasteiger partial charge in [-0.1, -0.05) is 13.8 Å². The zero-order valence-electron chi connectivity index (χ0n) is 14.0. The zero-order valence-corrected chi connectivity index (χ0v) is 14.0. The molecule has 0 aliphatic carbocycles. The van der Waals surface area contributed by atoms with Crippen LogP contribution in [0.25, 0.3) is 0 Å². The van der Waals surface area contributed by atoms with Crippen molar-refractivity contribution in [3.63, 3.8) is 0 Å². The number of ether oxygens (including phenoxy) is 1. The summed E-state index contributed by atoms with van der Waals surface area (Å²) >= 11 is 0. The minimum Gasteiger partial charge on any atom is -0.464 e. The van der Waals surface area contributed by atoms with Crippen LogP contribution in [0.2, 0.25) is 0 Å². The average Bonchev–Trinajstić information content (AvgIpc) is 2.57. The molecule has 0 radical (unpaired) electrons. The Kier molecular flexibility index (Phi) is 9.35. The first-order chi connectivity index (χ1) is 11.2. The summed E-state index contributed by atoms with van der Waals surface area (Å²) in [5, 5.41) is 2.94. The van der Waals surface area contributed by atoms with E-state index in [1.165, 1.54) is 0 Å². The van der Waals surface area contributed by atoms with Gasteiger partial charge in [-0.05, 0) is 18.9 Å². The number of amides is 1. The van der Waals surface area contributed by atoms with Crippen LogP contribution in [0.5, 0.6) is 0 Å². The Morgan fingerprint density at radius 3 is 2.39 bits per heavy atom. The quantitative estimate of drug-likeness (QED) is 0.494. The maximum absolute atomic E-state index is 12.0. The third-order valence-electron chi connectivity index (χ3n) is 3.10. The van der Waals surface area contributed by atoms with Gasteiger partial charge in [-0.2, -0.15) is 0 Å². The summed E-state index contributed by atoms with van der Waals surface area (Å²) in [5.41, 5.74) is 0. The molecule has 0 saturated carbocycles. The minimum atomic E-state index is -0.359. The maximum Gasteiger partial charge on any atom is 0.306 e. The maximum atomic E-state index is 12.0. The van der Waals surface area contributed by atoms with E-state index in [1.807, 2.05) is 18.7 Å². The Bertz CT molecular complexity index is 462. The largest absolute Gasteiger partial charge is 0.464 e. The number of carbonyl (C=O) groups excluding carboxylic acids is 2. The molecule has 0 aliphatic rings. The fraction of sp³-hybridized carbons (Fsp3) is 0.625. The molecule has 7 nitrogen and oxygen atoms in total. The number of anilines is 1. The standard InChI is InChI=1S/C16H26N4O3/c1-3-11-20(12-4-2)14(21)6-7-15(22)23-13-10-19-16-17-8-5-9-18-16/h5,8-9H,3-4,6-7,10-13H2,1-2H3,(H,17,18,19). The number of hydrogen-bond donors (Lipinski definition) is 1. The van der Waals surface area contributed by atoms with Gasteiger partial charge < -0.3 is 15.0 Å². The molecule has 1 aromatic heterocycles. The van der Waals surface area contributed by atoms with Crippen molar-refractivity contribution >= 4 is 17.8 Å². The Morgan fingerprint density at radius 2 is 1.78 bits per heavy atom. The molecule has 0 atom stereocenters. The van der Waals surface area contributed by atoms with Crippen molar-refractivity contribution in [3.05, 3.63) is 18.5 Å². The molecule has 1 N–H and O–H groups in total. The second-order valence-electron chi connectivity index (χ2n) is 5.10. The van der Waals surface area contributed by atoms with Gasteiger partial charge in [-0.3, -0.25) is 9.59 Å². The van der Waals surface area contributed by atoms with Crippen LogP contribution >= 0.6 is 0 Å². The fourth-order valence-corrected chi connectivity index (χ4v) is 2.06. The number of nitrogens with zero attached hydrogens (tertiary/aromatic N) is 3. The first-order valence-corrected chi connectivity index (χ1v) is 8.11. The molecule has 1 aromatic rings. The third-order valence-corrected chi connectivity index (χ3v) is 3.10. The number of esters is 1. The second kappa shape index (κ2) is 11.4. The highest BCUT2D eigenvalue weighted by Gasteiger charge is 2.14. The lowest BCUT2D eigenvalue weighted by Crippen LogP contribution is -2.32. The van der Waals surface area contributed by atoms with Crippen LogP contribution in [-0.4, -0.2) is 53.0 Å². The van der Waals surface area contributed by atoms with E-state index in [0.717, 1.165) is 25.9 Å². The lowest BCUT2D eigenvalue weighted by atomic mass is 10.2. The van der Waals surface area contributed by atoms with E-state index in [2.05, 4.69) is 15.3 Å². The van der Waals surface area contributed by atoms with Gasteiger partial charge in [-0.15, -0.1) is 0 Å². The van der Waals surface area contributed by atoms with Crippen LogP contribution in [0.15, 0.2) is 18.5 Å². The number of carbonyl (C=O) groups is 2. The van der Waals surface area contributed by atoms with Crippen molar-refractivity contribution in [3.8, 4) is 0 Å². The summed E-state index contributed by atoms with van der Waals surface area (Å²) in [7, 11) is 0. The normalized spacial score (nSPS) is 10.2. The fourth-order valence-electron chi connectivity index (χ4n) is 2.06. The third kappa shape index (κ3) is 8.13. The van der Waals surface area contributed by atoms with Crippen molar-refractivity contribution in [2.24, 2.45) is 0 Å². The number of aromatic nitrogens is 2. The van der Waals surface area contributed by atoms with Crippen molar-refractivity contribution in [2.45, 2.75) is 39.5 Å². The highest BCUT2D eigenvalue weighted by Crippen LogP contribution is 2.02. The Labute approximate surface area is 137 Å². The minimum absolute atomic E-state index is 0.0152. The van der Waals surface area contributed by atoms with Crippen LogP contribution in [0.4, 0.5) is 5.95 Å². The van der Waals surface area contributed by atoms with E-state index in [1.54, 1.807) is 18.5 Å². The lowest BCUT2D eigenvalue weighted by Gasteiger charge is -2.21. The predicted octanol–water partition coefficient (Wildman–Crippen LogP) is 1.86. The van der Waals surface area contributed by atoms with Crippen LogP contribution in [0.3, 0.4) is 0 Å². The number of nitrogens with one attached hydrogen (secondary N) is 1. The van der Waals surface area contributed by atoms with Crippen LogP contribution in [0, 0.1) is 0 Å². The molecule has 1 rings (SSSR count). The SMILES string of the molecule is CCCN(CCC)C(=O)CCC(=O)OCCNc1ncccn1. The van der Waals surface area contributed by atoms with Gasteiger partial charge in [0, 0.05) is 31.9 Å². The van der Waals surface area contributed by atoms with E-state index >= 15 is 0 Å². The van der Waals surface area contributed by atoms with E-state index < -0.39 is 0 Å². The molecule has 0 aliphatic heterocycles. The molecular formula is C16H26N4O3. The Morgan fingerprint density at radius 1 is 1.13 bits per heavy atom. The Balaban J connectivity index is 2.17. The van der Waals surface area contributed by atoms with Gasteiger partial charge in [0.25, 0.3) is 0 Å². The van der Waals surface area contributed by atoms with Crippen LogP contribution in [0.1, 0.15) is 39.5 Å². The molecule has 0 bridgehead atoms. The van der Waals surface area contributed by atoms with Crippen molar-refractivity contribution in [2.75, 3.05) is 31.6 Å². The molecule has 0 fully saturated rings. The Hall–Kier alpha value is -2.18. The summed E-state index contributed by atoms with van der Waals surface area (Å²) in [5.74, 6) is 0.150. The summed E-state index contributed by atoms with van der Waals surface area (Å²) in [6.45, 7) is 6.20. The van der Waals surface area contributed by atoms with Crippen LogP contribution in [-0.2, 0) is 14.3 Å². The summed E-state index contributed by atoms with van der Waals surface area (Å²) in [6, 6.07) is 1.72. The molecule has 128 valence electrons. The smallest absolute Gasteiger partial charge is 0.306 e. The average molecular weight is 322 g/mol. The molecule has 0 saturated heterocycles. The van der Waals surface area contributed by atoms with Gasteiger partial charge in [0.2, 0.25) is 11.9 Å². The summed E-state index contributed by atoms with van der Waals surface area (Å²) in [4.78, 5) is 33.5. The first kappa shape index (κ1) is 18.9. The molecule has 0 unspecified atom stereocenters. The van der Waals surface area contributed by atoms with Gasteiger partial charge in [0.05, 0.1) is 13.0 Å². The van der Waals surface area contributed by atoms with E-state index in [-0.39, 0.29) is 31.3 Å². The van der Waals surface area contributed by atoms with Crippen molar-refractivity contribution in [1.29, 1.82) is 0 Å². The van der Waals surface area contributed by atoms with Gasteiger partial charge in [0.1, 0.15) is 6.61 Å². The number of hydrogen-bond acceptors (Lipinski definition) is 6. The molecule has 1 heterocycles. The molecule has 0 aromatic carbocycles. The van der Waals surface area contributed by atoms with E-state index in [9.17, 15) is 9.59 Å². The molecule has 1 amide bonds. The summed E-state index contributed by atoms with van der Waals surface area (Å²) < 4.78 is 5.09. The van der Waals surface area contributed by atoms with Gasteiger partial charge in [-0.25, -0.2) is 9.97 Å². The van der Waals surface area contributed by atoms with E-state index in [0.29, 0.717) is 12.5 Å². The van der Waals surface area contributed by atoms with Gasteiger partial charge >= 0.3 is 5.97 Å². The predicted molar refractivity (Wildman–Crippen MR) is 87.9 cm³/mol. The van der Waals surface area contributed by atoms with Crippen LogP contribution < -0.4 is 5.32 Å². The highest BCUT2D eigenvalue weighted by molar-refractivity contribution is 5.81. The van der Waals surface area contributed by atoms with E-state index in [4.69, 9.17) is 4.74 Å². The number of rotatable bonds is 11. The molecular weight excluding hydrogens is 296 g/mol. The summed E-state index contributed by atoms with van der Waals surface area (Å²) in [6.07, 6.45) is 5.42. The molecule has 23 heavy (non-hydrogen) atoms. The topological polar surface area (TPSA) is 84.4 Å². The molecule has 0 spiro atoms. The first-order valence-electron chi connectivity index (χ1n) is 8.11. The zero-order chi connectivity index (χ0) is 16.9. The van der Waals surface area contributed by atoms with Crippen molar-refractivity contribution in [1.82, 2.24) is 14.9 Å². The van der Waals surface area contributed by atoms with Crippen molar-refractivity contribution < 1.29 is 14.3 Å². The monoisotopic (exact) mass is 322 g/mol. The molecule has 7 heteroatoms.